The minimum atomic E-state index is -0.835. The molecule has 1 aromatic carbocycles. The second-order valence-electron chi connectivity index (χ2n) is 6.49. The van der Waals surface area contributed by atoms with Gasteiger partial charge in [0, 0.05) is 18.8 Å². The van der Waals surface area contributed by atoms with Crippen LogP contribution >= 0.6 is 11.3 Å². The minimum Gasteiger partial charge on any atom is -0.348 e. The molecular formula is C17H24N4OS. The Balaban J connectivity index is 1.78. The number of nitrogens with zero attached hydrogens (tertiary/aromatic N) is 2. The van der Waals surface area contributed by atoms with Gasteiger partial charge in [0.25, 0.3) is 0 Å². The second kappa shape index (κ2) is 6.45. The van der Waals surface area contributed by atoms with Gasteiger partial charge in [-0.15, -0.1) is 0 Å². The fraction of sp³-hybridized carbons (Fsp3) is 0.529. The lowest BCUT2D eigenvalue weighted by Crippen LogP contribution is -2.48. The second-order valence-corrected chi connectivity index (χ2v) is 7.50. The van der Waals surface area contributed by atoms with E-state index in [0.717, 1.165) is 40.5 Å². The summed E-state index contributed by atoms with van der Waals surface area (Å²) in [7, 11) is 0. The monoisotopic (exact) mass is 332 g/mol. The van der Waals surface area contributed by atoms with Crippen molar-refractivity contribution >= 4 is 38.3 Å². The summed E-state index contributed by atoms with van der Waals surface area (Å²) >= 11 is 1.69. The molecule has 3 N–H and O–H groups in total. The van der Waals surface area contributed by atoms with Crippen LogP contribution in [-0.2, 0) is 4.79 Å². The van der Waals surface area contributed by atoms with E-state index in [1.807, 2.05) is 25.1 Å². The molecule has 0 spiro atoms. The van der Waals surface area contributed by atoms with Crippen LogP contribution in [0.5, 0.6) is 0 Å². The molecular weight excluding hydrogens is 308 g/mol. The molecule has 1 fully saturated rings. The SMILES string of the molecule is CCCC(C)(N)C(=O)Nc1ccc2nc(N3CCCC3)sc2c1. The molecule has 0 aliphatic carbocycles. The molecule has 1 amide bonds. The highest BCUT2D eigenvalue weighted by Crippen LogP contribution is 2.32. The number of anilines is 2. The van der Waals surface area contributed by atoms with Gasteiger partial charge in [-0.05, 0) is 44.4 Å². The summed E-state index contributed by atoms with van der Waals surface area (Å²) in [6.45, 7) is 5.99. The van der Waals surface area contributed by atoms with Gasteiger partial charge in [0.2, 0.25) is 5.91 Å². The molecule has 3 rings (SSSR count). The normalized spacial score (nSPS) is 17.4. The van der Waals surface area contributed by atoms with Gasteiger partial charge in [-0.2, -0.15) is 0 Å². The van der Waals surface area contributed by atoms with Gasteiger partial charge in [0.05, 0.1) is 15.8 Å². The van der Waals surface area contributed by atoms with Crippen molar-refractivity contribution in [1.29, 1.82) is 0 Å². The third kappa shape index (κ3) is 3.48. The Morgan fingerprint density at radius 2 is 2.17 bits per heavy atom. The molecule has 1 aliphatic rings. The van der Waals surface area contributed by atoms with Gasteiger partial charge in [-0.1, -0.05) is 24.7 Å². The lowest BCUT2D eigenvalue weighted by molar-refractivity contribution is -0.120. The number of thiazole rings is 1. The first-order valence-corrected chi connectivity index (χ1v) is 9.07. The van der Waals surface area contributed by atoms with E-state index < -0.39 is 5.54 Å². The average molecular weight is 332 g/mol. The van der Waals surface area contributed by atoms with E-state index in [9.17, 15) is 4.79 Å². The maximum absolute atomic E-state index is 12.3. The highest BCUT2D eigenvalue weighted by molar-refractivity contribution is 7.22. The van der Waals surface area contributed by atoms with E-state index in [1.54, 1.807) is 18.3 Å². The van der Waals surface area contributed by atoms with Crippen LogP contribution in [0.2, 0.25) is 0 Å². The predicted molar refractivity (Wildman–Crippen MR) is 97.2 cm³/mol. The number of nitrogens with one attached hydrogen (secondary N) is 1. The molecule has 1 saturated heterocycles. The molecule has 0 saturated carbocycles. The summed E-state index contributed by atoms with van der Waals surface area (Å²) in [5, 5.41) is 4.02. The van der Waals surface area contributed by atoms with Crippen molar-refractivity contribution in [3.8, 4) is 0 Å². The lowest BCUT2D eigenvalue weighted by atomic mass is 9.96. The molecule has 0 radical (unpaired) electrons. The number of amides is 1. The first kappa shape index (κ1) is 16.2. The molecule has 1 atom stereocenters. The van der Waals surface area contributed by atoms with E-state index in [0.29, 0.717) is 6.42 Å². The van der Waals surface area contributed by atoms with E-state index in [-0.39, 0.29) is 5.91 Å². The van der Waals surface area contributed by atoms with Crippen molar-refractivity contribution in [2.45, 2.75) is 45.1 Å². The minimum absolute atomic E-state index is 0.136. The van der Waals surface area contributed by atoms with Crippen LogP contribution in [0.4, 0.5) is 10.8 Å². The highest BCUT2D eigenvalue weighted by atomic mass is 32.1. The number of hydrogen-bond acceptors (Lipinski definition) is 5. The third-order valence-electron chi connectivity index (χ3n) is 4.30. The van der Waals surface area contributed by atoms with Gasteiger partial charge in [0.1, 0.15) is 0 Å². The molecule has 5 nitrogen and oxygen atoms in total. The van der Waals surface area contributed by atoms with E-state index >= 15 is 0 Å². The lowest BCUT2D eigenvalue weighted by Gasteiger charge is -2.22. The highest BCUT2D eigenvalue weighted by Gasteiger charge is 2.27. The Morgan fingerprint density at radius 3 is 2.87 bits per heavy atom. The van der Waals surface area contributed by atoms with Gasteiger partial charge < -0.3 is 16.0 Å². The summed E-state index contributed by atoms with van der Waals surface area (Å²) in [6, 6.07) is 5.86. The zero-order chi connectivity index (χ0) is 16.4. The maximum atomic E-state index is 12.3. The summed E-state index contributed by atoms with van der Waals surface area (Å²) in [4.78, 5) is 19.4. The van der Waals surface area contributed by atoms with Crippen LogP contribution in [0.15, 0.2) is 18.2 Å². The standard InChI is InChI=1S/C17H24N4OS/c1-3-8-17(2,18)15(22)19-12-6-7-13-14(11-12)23-16(20-13)21-9-4-5-10-21/h6-7,11H,3-5,8-10,18H2,1-2H3,(H,19,22). The Hall–Kier alpha value is -1.66. The number of hydrogen-bond donors (Lipinski definition) is 2. The molecule has 0 bridgehead atoms. The number of carbonyl (C=O) groups is 1. The molecule has 2 heterocycles. The molecule has 1 aromatic heterocycles. The van der Waals surface area contributed by atoms with Crippen LogP contribution in [0, 0.1) is 0 Å². The smallest absolute Gasteiger partial charge is 0.244 e. The number of aromatic nitrogens is 1. The summed E-state index contributed by atoms with van der Waals surface area (Å²) < 4.78 is 1.10. The van der Waals surface area contributed by atoms with Crippen molar-refractivity contribution in [1.82, 2.24) is 4.98 Å². The van der Waals surface area contributed by atoms with Crippen LogP contribution in [0.1, 0.15) is 39.5 Å². The van der Waals surface area contributed by atoms with Crippen LogP contribution in [0.3, 0.4) is 0 Å². The number of nitrogens with two attached hydrogens (primary N) is 1. The van der Waals surface area contributed by atoms with Crippen molar-refractivity contribution in [3.63, 3.8) is 0 Å². The molecule has 23 heavy (non-hydrogen) atoms. The van der Waals surface area contributed by atoms with Crippen LogP contribution < -0.4 is 16.0 Å². The fourth-order valence-corrected chi connectivity index (χ4v) is 4.00. The largest absolute Gasteiger partial charge is 0.348 e. The first-order chi connectivity index (χ1) is 11.0. The Bertz CT molecular complexity index is 704. The number of benzene rings is 1. The van der Waals surface area contributed by atoms with Crippen molar-refractivity contribution < 1.29 is 4.79 Å². The van der Waals surface area contributed by atoms with E-state index in [2.05, 4.69) is 10.2 Å². The predicted octanol–water partition coefficient (Wildman–Crippen LogP) is 3.35. The zero-order valence-electron chi connectivity index (χ0n) is 13.8. The fourth-order valence-electron chi connectivity index (χ4n) is 2.94. The Labute approximate surface area is 140 Å². The Morgan fingerprint density at radius 1 is 1.43 bits per heavy atom. The summed E-state index contributed by atoms with van der Waals surface area (Å²) in [5.41, 5.74) is 7.02. The topological polar surface area (TPSA) is 71.2 Å². The molecule has 6 heteroatoms. The third-order valence-corrected chi connectivity index (χ3v) is 5.38. The summed E-state index contributed by atoms with van der Waals surface area (Å²) in [5.74, 6) is -0.136. The molecule has 124 valence electrons. The summed E-state index contributed by atoms with van der Waals surface area (Å²) in [6.07, 6.45) is 4.03. The number of carbonyl (C=O) groups excluding carboxylic acids is 1. The van der Waals surface area contributed by atoms with Gasteiger partial charge in [-0.3, -0.25) is 4.79 Å². The number of rotatable bonds is 5. The Kier molecular flexibility index (Phi) is 4.55. The zero-order valence-corrected chi connectivity index (χ0v) is 14.6. The van der Waals surface area contributed by atoms with E-state index in [4.69, 9.17) is 10.7 Å². The first-order valence-electron chi connectivity index (χ1n) is 8.25. The maximum Gasteiger partial charge on any atom is 0.244 e. The van der Waals surface area contributed by atoms with Gasteiger partial charge in [-0.25, -0.2) is 4.98 Å². The molecule has 2 aromatic rings. The van der Waals surface area contributed by atoms with Crippen molar-refractivity contribution in [3.05, 3.63) is 18.2 Å². The number of fused-ring (bicyclic) bond motifs is 1. The van der Waals surface area contributed by atoms with Crippen molar-refractivity contribution in [2.24, 2.45) is 5.73 Å². The van der Waals surface area contributed by atoms with Gasteiger partial charge >= 0.3 is 0 Å². The molecule has 1 aliphatic heterocycles. The average Bonchev–Trinajstić information content (AvgIpc) is 3.15. The van der Waals surface area contributed by atoms with E-state index in [1.165, 1.54) is 12.8 Å². The molecule has 1 unspecified atom stereocenters. The van der Waals surface area contributed by atoms with Gasteiger partial charge in [0.15, 0.2) is 5.13 Å². The van der Waals surface area contributed by atoms with Crippen molar-refractivity contribution in [2.75, 3.05) is 23.3 Å². The van der Waals surface area contributed by atoms with Crippen LogP contribution in [-0.4, -0.2) is 29.5 Å². The quantitative estimate of drug-likeness (QED) is 0.881. The van der Waals surface area contributed by atoms with Crippen LogP contribution in [0.25, 0.3) is 10.2 Å².